The van der Waals surface area contributed by atoms with Gasteiger partial charge in [-0.3, -0.25) is 4.79 Å². The van der Waals surface area contributed by atoms with Crippen LogP contribution < -0.4 is 0 Å². The first-order chi connectivity index (χ1) is 11.1. The van der Waals surface area contributed by atoms with Crippen LogP contribution in [-0.4, -0.2) is 17.0 Å². The molecule has 4 aliphatic carbocycles. The van der Waals surface area contributed by atoms with E-state index < -0.39 is 0 Å². The van der Waals surface area contributed by atoms with E-state index in [1.165, 1.54) is 44.1 Å². The Morgan fingerprint density at radius 1 is 1.17 bits per heavy atom. The average molecular weight is 316 g/mol. The number of hydrogen-bond acceptors (Lipinski definition) is 2. The Hall–Kier alpha value is -0.630. The van der Waals surface area contributed by atoms with Gasteiger partial charge in [-0.25, -0.2) is 0 Å². The van der Waals surface area contributed by atoms with Crippen molar-refractivity contribution in [3.63, 3.8) is 0 Å². The molecular weight excluding hydrogens is 284 g/mol. The molecule has 0 aromatic heterocycles. The van der Waals surface area contributed by atoms with Gasteiger partial charge >= 0.3 is 0 Å². The first-order valence-electron chi connectivity index (χ1n) is 9.98. The number of aliphatic hydroxyl groups is 1. The fraction of sp³-hybridized carbons (Fsp3) is 0.857. The summed E-state index contributed by atoms with van der Waals surface area (Å²) >= 11 is 0. The number of hydrogen-bond donors (Lipinski definition) is 1. The summed E-state index contributed by atoms with van der Waals surface area (Å²) in [7, 11) is 0. The van der Waals surface area contributed by atoms with Crippen LogP contribution in [0.5, 0.6) is 0 Å². The molecule has 0 bridgehead atoms. The highest BCUT2D eigenvalue weighted by molar-refractivity contribution is 5.91. The molecule has 0 aliphatic heterocycles. The molecular formula is C21H32O2. The van der Waals surface area contributed by atoms with Gasteiger partial charge in [0.1, 0.15) is 0 Å². The van der Waals surface area contributed by atoms with E-state index in [4.69, 9.17) is 0 Å². The van der Waals surface area contributed by atoms with Crippen molar-refractivity contribution in [2.75, 3.05) is 0 Å². The van der Waals surface area contributed by atoms with Crippen molar-refractivity contribution in [2.24, 2.45) is 35.0 Å². The topological polar surface area (TPSA) is 37.3 Å². The van der Waals surface area contributed by atoms with Gasteiger partial charge in [0.2, 0.25) is 0 Å². The van der Waals surface area contributed by atoms with E-state index in [1.54, 1.807) is 0 Å². The zero-order valence-corrected chi connectivity index (χ0v) is 14.8. The van der Waals surface area contributed by atoms with Crippen LogP contribution in [0.15, 0.2) is 11.6 Å². The Labute approximate surface area is 140 Å². The number of fused-ring (bicyclic) bond motifs is 5. The highest BCUT2D eigenvalue weighted by Crippen LogP contribution is 2.65. The van der Waals surface area contributed by atoms with Gasteiger partial charge in [-0.1, -0.05) is 12.5 Å². The van der Waals surface area contributed by atoms with Crippen molar-refractivity contribution in [3.05, 3.63) is 11.6 Å². The highest BCUT2D eigenvalue weighted by atomic mass is 16.3. The maximum absolute atomic E-state index is 11.8. The summed E-state index contributed by atoms with van der Waals surface area (Å²) in [5.41, 5.74) is 1.89. The summed E-state index contributed by atoms with van der Waals surface area (Å²) in [5.74, 6) is 4.08. The van der Waals surface area contributed by atoms with Gasteiger partial charge in [0.15, 0.2) is 5.78 Å². The lowest BCUT2D eigenvalue weighted by Gasteiger charge is -2.55. The zero-order valence-electron chi connectivity index (χ0n) is 14.8. The lowest BCUT2D eigenvalue weighted by Crippen LogP contribution is -2.48. The van der Waals surface area contributed by atoms with Crippen LogP contribution in [0, 0.1) is 35.0 Å². The minimum atomic E-state index is -0.150. The van der Waals surface area contributed by atoms with Crippen molar-refractivity contribution in [3.8, 4) is 0 Å². The Morgan fingerprint density at radius 3 is 2.74 bits per heavy atom. The van der Waals surface area contributed by atoms with Gasteiger partial charge in [0.05, 0.1) is 6.10 Å². The van der Waals surface area contributed by atoms with Gasteiger partial charge in [0.25, 0.3) is 0 Å². The van der Waals surface area contributed by atoms with Crippen LogP contribution in [0.4, 0.5) is 0 Å². The molecule has 0 amide bonds. The third-order valence-corrected chi connectivity index (χ3v) is 8.32. The minimum absolute atomic E-state index is 0.150. The molecule has 0 spiro atoms. The van der Waals surface area contributed by atoms with Crippen molar-refractivity contribution in [1.29, 1.82) is 0 Å². The summed E-state index contributed by atoms with van der Waals surface area (Å²) in [6, 6.07) is 0. The summed E-state index contributed by atoms with van der Waals surface area (Å²) in [5, 5.41) is 10.4. The third-order valence-electron chi connectivity index (χ3n) is 8.32. The first-order valence-corrected chi connectivity index (χ1v) is 9.98. The zero-order chi connectivity index (χ0) is 16.2. The highest BCUT2D eigenvalue weighted by Gasteiger charge is 2.58. The molecule has 1 N–H and O–H groups in total. The van der Waals surface area contributed by atoms with Crippen molar-refractivity contribution in [2.45, 2.75) is 77.7 Å². The van der Waals surface area contributed by atoms with Crippen LogP contribution in [0.1, 0.15) is 71.6 Å². The van der Waals surface area contributed by atoms with Crippen molar-refractivity contribution in [1.82, 2.24) is 0 Å². The SMILES string of the molecule is CC[C@]12CC[C@H]3[C@@H](CCC4=CC(=O)CC[C@@H]43)[C@H]1CC[C@H]2[C@H](C)O. The molecule has 3 saturated carbocycles. The van der Waals surface area contributed by atoms with Crippen LogP contribution >= 0.6 is 0 Å². The Bertz CT molecular complexity index is 520. The Morgan fingerprint density at radius 2 is 2.00 bits per heavy atom. The second-order valence-corrected chi connectivity index (χ2v) is 8.85. The number of aliphatic hydroxyl groups excluding tert-OH is 1. The van der Waals surface area contributed by atoms with Crippen LogP contribution in [-0.2, 0) is 4.79 Å². The van der Waals surface area contributed by atoms with Crippen molar-refractivity contribution >= 4 is 5.78 Å². The second-order valence-electron chi connectivity index (χ2n) is 8.85. The average Bonchev–Trinajstić information content (AvgIpc) is 2.94. The molecule has 23 heavy (non-hydrogen) atoms. The van der Waals surface area contributed by atoms with E-state index in [2.05, 4.69) is 6.92 Å². The first kappa shape index (κ1) is 15.9. The van der Waals surface area contributed by atoms with Gasteiger partial charge in [-0.15, -0.1) is 0 Å². The fourth-order valence-corrected chi connectivity index (χ4v) is 7.45. The number of allylic oxidation sites excluding steroid dienone is 1. The largest absolute Gasteiger partial charge is 0.393 e. The van der Waals surface area contributed by atoms with E-state index >= 15 is 0 Å². The minimum Gasteiger partial charge on any atom is -0.393 e. The van der Waals surface area contributed by atoms with E-state index in [-0.39, 0.29) is 6.10 Å². The van der Waals surface area contributed by atoms with E-state index in [1.807, 2.05) is 13.0 Å². The molecule has 0 radical (unpaired) electrons. The smallest absolute Gasteiger partial charge is 0.155 e. The molecule has 7 atom stereocenters. The number of carbonyl (C=O) groups excluding carboxylic acids is 1. The Kier molecular flexibility index (Phi) is 3.95. The van der Waals surface area contributed by atoms with Gasteiger partial charge in [0, 0.05) is 6.42 Å². The predicted octanol–water partition coefficient (Wildman–Crippen LogP) is 4.52. The van der Waals surface area contributed by atoms with Crippen LogP contribution in [0.3, 0.4) is 0 Å². The molecule has 4 aliphatic rings. The molecule has 128 valence electrons. The van der Waals surface area contributed by atoms with E-state index in [0.717, 1.165) is 37.0 Å². The van der Waals surface area contributed by atoms with Crippen molar-refractivity contribution < 1.29 is 9.90 Å². The molecule has 2 nitrogen and oxygen atoms in total. The lowest BCUT2D eigenvalue weighted by molar-refractivity contribution is -0.116. The maximum atomic E-state index is 11.8. The molecule has 2 heteroatoms. The molecule has 0 aromatic rings. The predicted molar refractivity (Wildman–Crippen MR) is 91.9 cm³/mol. The van der Waals surface area contributed by atoms with Gasteiger partial charge < -0.3 is 5.11 Å². The summed E-state index contributed by atoms with van der Waals surface area (Å²) < 4.78 is 0. The molecule has 0 unspecified atom stereocenters. The maximum Gasteiger partial charge on any atom is 0.155 e. The molecule has 0 saturated heterocycles. The fourth-order valence-electron chi connectivity index (χ4n) is 7.45. The summed E-state index contributed by atoms with van der Waals surface area (Å²) in [6.07, 6.45) is 12.6. The molecule has 4 rings (SSSR count). The summed E-state index contributed by atoms with van der Waals surface area (Å²) in [6.45, 7) is 4.38. The second kappa shape index (κ2) is 5.72. The standard InChI is InChI=1S/C21H32O2/c1-3-21-11-10-17-16-7-5-15(23)12-14(16)4-6-18(17)20(21)9-8-19(21)13(2)22/h12-13,16-20,22H,3-11H2,1-2H3/t13-,16-,17+,18+,19-,20+,21+/m0/s1. The lowest BCUT2D eigenvalue weighted by atomic mass is 9.50. The van der Waals surface area contributed by atoms with E-state index in [0.29, 0.717) is 23.0 Å². The van der Waals surface area contributed by atoms with E-state index in [9.17, 15) is 9.90 Å². The number of ketones is 1. The molecule has 0 aromatic carbocycles. The molecule has 3 fully saturated rings. The monoisotopic (exact) mass is 316 g/mol. The van der Waals surface area contributed by atoms with Crippen LogP contribution in [0.2, 0.25) is 0 Å². The van der Waals surface area contributed by atoms with Gasteiger partial charge in [-0.05, 0) is 99.4 Å². The molecule has 0 heterocycles. The summed E-state index contributed by atoms with van der Waals surface area (Å²) in [4.78, 5) is 11.8. The Balaban J connectivity index is 1.63. The number of carbonyl (C=O) groups is 1. The van der Waals surface area contributed by atoms with Gasteiger partial charge in [-0.2, -0.15) is 0 Å². The third kappa shape index (κ3) is 2.27. The quantitative estimate of drug-likeness (QED) is 0.813. The normalized spacial score (nSPS) is 47.3. The van der Waals surface area contributed by atoms with Crippen LogP contribution in [0.25, 0.3) is 0 Å². The number of rotatable bonds is 2.